The van der Waals surface area contributed by atoms with Crippen molar-refractivity contribution in [2.75, 3.05) is 0 Å². The van der Waals surface area contributed by atoms with Gasteiger partial charge in [0.15, 0.2) is 5.82 Å². The van der Waals surface area contributed by atoms with E-state index in [4.69, 9.17) is 16.3 Å². The Hall–Kier alpha value is -3.13. The largest absolute Gasteiger partial charge is 0.491 e. The van der Waals surface area contributed by atoms with Crippen molar-refractivity contribution in [3.63, 3.8) is 0 Å². The first kappa shape index (κ1) is 21.1. The number of carbonyl (C=O) groups is 1. The highest BCUT2D eigenvalue weighted by Crippen LogP contribution is 2.27. The highest BCUT2D eigenvalue weighted by molar-refractivity contribution is 6.33. The van der Waals surface area contributed by atoms with E-state index >= 15 is 0 Å². The maximum Gasteiger partial charge on any atom is 0.351 e. The summed E-state index contributed by atoms with van der Waals surface area (Å²) in [6, 6.07) is 9.01. The molecule has 1 saturated carbocycles. The maximum atomic E-state index is 13.2. The lowest BCUT2D eigenvalue weighted by Gasteiger charge is -2.26. The molecule has 0 unspecified atom stereocenters. The van der Waals surface area contributed by atoms with Crippen molar-refractivity contribution in [2.45, 2.75) is 51.8 Å². The summed E-state index contributed by atoms with van der Waals surface area (Å²) in [6.45, 7) is 3.73. The Balaban J connectivity index is 1.73. The third-order valence-corrected chi connectivity index (χ3v) is 5.38. The van der Waals surface area contributed by atoms with Crippen molar-refractivity contribution in [1.29, 1.82) is 0 Å². The van der Waals surface area contributed by atoms with E-state index in [1.807, 2.05) is 13.8 Å². The van der Waals surface area contributed by atoms with E-state index in [9.17, 15) is 9.59 Å². The summed E-state index contributed by atoms with van der Waals surface area (Å²) < 4.78 is 8.30. The smallest absolute Gasteiger partial charge is 0.351 e. The van der Waals surface area contributed by atoms with Gasteiger partial charge in [0, 0.05) is 24.0 Å². The lowest BCUT2D eigenvalue weighted by molar-refractivity contribution is -0.123. The Morgan fingerprint density at radius 2 is 2.00 bits per heavy atom. The monoisotopic (exact) mass is 441 g/mol. The van der Waals surface area contributed by atoms with Crippen LogP contribution in [0.4, 0.5) is 0 Å². The van der Waals surface area contributed by atoms with Gasteiger partial charge in [0.25, 0.3) is 0 Å². The van der Waals surface area contributed by atoms with E-state index in [1.165, 1.54) is 15.4 Å². The third kappa shape index (κ3) is 4.64. The fourth-order valence-electron chi connectivity index (χ4n) is 3.38. The van der Waals surface area contributed by atoms with Crippen LogP contribution in [0.5, 0.6) is 5.75 Å². The number of carbonyl (C=O) groups excluding carboxylic acids is 1. The molecule has 2 aromatic heterocycles. The molecule has 162 valence electrons. The molecule has 2 heterocycles. The minimum absolute atomic E-state index is 0.0386. The number of halogens is 1. The van der Waals surface area contributed by atoms with Crippen LogP contribution in [0.25, 0.3) is 17.1 Å². The summed E-state index contributed by atoms with van der Waals surface area (Å²) in [6.07, 6.45) is 6.17. The number of hydrogen-bond donors (Lipinski definition) is 1. The number of nitrogens with one attached hydrogen (secondary N) is 1. The number of ether oxygens (including phenoxy) is 1. The lowest BCUT2D eigenvalue weighted by atomic mass is 9.93. The van der Waals surface area contributed by atoms with Gasteiger partial charge in [-0.1, -0.05) is 11.6 Å². The van der Waals surface area contributed by atoms with Crippen LogP contribution in [0.2, 0.25) is 5.02 Å². The first-order chi connectivity index (χ1) is 14.9. The van der Waals surface area contributed by atoms with Crippen LogP contribution in [0.3, 0.4) is 0 Å². The van der Waals surface area contributed by atoms with Crippen LogP contribution >= 0.6 is 11.6 Å². The Labute approximate surface area is 184 Å². The van der Waals surface area contributed by atoms with Gasteiger partial charge in [0.2, 0.25) is 5.91 Å². The predicted octanol–water partition coefficient (Wildman–Crippen LogP) is 3.21. The standard InChI is InChI=1S/C22H24ClN5O3/c1-14(2)31-17-8-6-16(7-9-17)28-21(18-10-11-24-12-19(18)23)26-27(22(28)30)13-20(29)25-15-4-3-5-15/h6-12,14-15H,3-5,13H2,1-2H3,(H,25,29). The first-order valence-electron chi connectivity index (χ1n) is 10.3. The summed E-state index contributed by atoms with van der Waals surface area (Å²) in [7, 11) is 0. The quantitative estimate of drug-likeness (QED) is 0.608. The molecule has 9 heteroatoms. The number of hydrogen-bond acceptors (Lipinski definition) is 5. The minimum atomic E-state index is -0.427. The molecule has 4 rings (SSSR count). The molecule has 0 spiro atoms. The van der Waals surface area contributed by atoms with Crippen molar-refractivity contribution in [1.82, 2.24) is 24.6 Å². The second kappa shape index (κ2) is 8.93. The molecule has 31 heavy (non-hydrogen) atoms. The summed E-state index contributed by atoms with van der Waals surface area (Å²) in [5.41, 5.74) is 0.716. The highest BCUT2D eigenvalue weighted by Gasteiger charge is 2.23. The van der Waals surface area contributed by atoms with Crippen LogP contribution < -0.4 is 15.7 Å². The molecule has 1 aromatic carbocycles. The molecule has 0 aliphatic heterocycles. The normalized spacial score (nSPS) is 13.8. The van der Waals surface area contributed by atoms with Crippen LogP contribution in [0, 0.1) is 0 Å². The van der Waals surface area contributed by atoms with Gasteiger partial charge in [0.1, 0.15) is 12.3 Å². The summed E-state index contributed by atoms with van der Waals surface area (Å²) in [4.78, 5) is 29.6. The van der Waals surface area contributed by atoms with Crippen molar-refractivity contribution in [3.05, 3.63) is 58.2 Å². The zero-order chi connectivity index (χ0) is 22.0. The van der Waals surface area contributed by atoms with E-state index in [2.05, 4.69) is 15.4 Å². The summed E-state index contributed by atoms with van der Waals surface area (Å²) in [5, 5.41) is 7.74. The van der Waals surface area contributed by atoms with E-state index in [0.29, 0.717) is 27.8 Å². The number of amides is 1. The maximum absolute atomic E-state index is 13.2. The molecule has 0 atom stereocenters. The molecule has 8 nitrogen and oxygen atoms in total. The summed E-state index contributed by atoms with van der Waals surface area (Å²) >= 11 is 6.34. The molecular formula is C22H24ClN5O3. The molecule has 1 fully saturated rings. The lowest BCUT2D eigenvalue weighted by Crippen LogP contribution is -2.42. The van der Waals surface area contributed by atoms with Crippen molar-refractivity contribution < 1.29 is 9.53 Å². The number of benzene rings is 1. The van der Waals surface area contributed by atoms with Crippen LogP contribution in [0.1, 0.15) is 33.1 Å². The van der Waals surface area contributed by atoms with Gasteiger partial charge in [-0.3, -0.25) is 9.78 Å². The Bertz CT molecular complexity index is 1130. The van der Waals surface area contributed by atoms with E-state index < -0.39 is 5.69 Å². The van der Waals surface area contributed by atoms with Gasteiger partial charge in [0.05, 0.1) is 16.8 Å². The van der Waals surface area contributed by atoms with E-state index in [0.717, 1.165) is 19.3 Å². The molecule has 0 saturated heterocycles. The number of nitrogens with zero attached hydrogens (tertiary/aromatic N) is 4. The average molecular weight is 442 g/mol. The van der Waals surface area contributed by atoms with Gasteiger partial charge in [-0.25, -0.2) is 14.0 Å². The molecule has 3 aromatic rings. The molecule has 1 aliphatic rings. The number of aromatic nitrogens is 4. The van der Waals surface area contributed by atoms with Crippen LogP contribution in [-0.2, 0) is 11.3 Å². The SMILES string of the molecule is CC(C)Oc1ccc(-n2c(-c3ccncc3Cl)nn(CC(=O)NC3CCC3)c2=O)cc1. The van der Waals surface area contributed by atoms with Gasteiger partial charge >= 0.3 is 5.69 Å². The number of pyridine rings is 1. The first-order valence-corrected chi connectivity index (χ1v) is 10.7. The second-order valence-corrected chi connectivity index (χ2v) is 8.22. The van der Waals surface area contributed by atoms with Gasteiger partial charge < -0.3 is 10.1 Å². The minimum Gasteiger partial charge on any atom is -0.491 e. The van der Waals surface area contributed by atoms with Gasteiger partial charge in [-0.05, 0) is 63.4 Å². The van der Waals surface area contributed by atoms with Gasteiger partial charge in [-0.15, -0.1) is 5.10 Å². The van der Waals surface area contributed by atoms with Crippen molar-refractivity contribution >= 4 is 17.5 Å². The van der Waals surface area contributed by atoms with Crippen LogP contribution in [0.15, 0.2) is 47.5 Å². The molecule has 0 bridgehead atoms. The highest BCUT2D eigenvalue weighted by atomic mass is 35.5. The zero-order valence-corrected chi connectivity index (χ0v) is 18.2. The third-order valence-electron chi connectivity index (χ3n) is 5.08. The molecule has 1 amide bonds. The van der Waals surface area contributed by atoms with Crippen LogP contribution in [-0.4, -0.2) is 37.4 Å². The van der Waals surface area contributed by atoms with E-state index in [1.54, 1.807) is 36.5 Å². The number of rotatable bonds is 7. The van der Waals surface area contributed by atoms with Crippen molar-refractivity contribution in [2.24, 2.45) is 0 Å². The van der Waals surface area contributed by atoms with Crippen molar-refractivity contribution in [3.8, 4) is 22.8 Å². The second-order valence-electron chi connectivity index (χ2n) is 7.81. The van der Waals surface area contributed by atoms with E-state index in [-0.39, 0.29) is 24.6 Å². The topological polar surface area (TPSA) is 91.0 Å². The van der Waals surface area contributed by atoms with Gasteiger partial charge in [-0.2, -0.15) is 0 Å². The fraction of sp³-hybridized carbons (Fsp3) is 0.364. The molecule has 1 aliphatic carbocycles. The predicted molar refractivity (Wildman–Crippen MR) is 118 cm³/mol. The molecule has 0 radical (unpaired) electrons. The Morgan fingerprint density at radius 1 is 1.26 bits per heavy atom. The average Bonchev–Trinajstić information content (AvgIpc) is 3.01. The Kier molecular flexibility index (Phi) is 6.08. The molecular weight excluding hydrogens is 418 g/mol. The molecule has 1 N–H and O–H groups in total. The fourth-order valence-corrected chi connectivity index (χ4v) is 3.59. The zero-order valence-electron chi connectivity index (χ0n) is 17.4. The Morgan fingerprint density at radius 3 is 2.61 bits per heavy atom. The summed E-state index contributed by atoms with van der Waals surface area (Å²) in [5.74, 6) is 0.804.